The molecule has 2 nitrogen and oxygen atoms in total. The molecule has 4 aromatic carbocycles. The maximum atomic E-state index is 4.98. The zero-order valence-corrected chi connectivity index (χ0v) is 17.5. The Hall–Kier alpha value is -3.91. The van der Waals surface area contributed by atoms with Gasteiger partial charge >= 0.3 is 0 Å². The largest absolute Gasteiger partial charge is 0.378 e. The highest BCUT2D eigenvalue weighted by Crippen LogP contribution is 2.33. The van der Waals surface area contributed by atoms with Gasteiger partial charge in [-0.25, -0.2) is 4.98 Å². The van der Waals surface area contributed by atoms with Gasteiger partial charge in [-0.15, -0.1) is 0 Å². The van der Waals surface area contributed by atoms with Crippen LogP contribution < -0.4 is 5.32 Å². The van der Waals surface area contributed by atoms with Gasteiger partial charge in [0.25, 0.3) is 0 Å². The lowest BCUT2D eigenvalue weighted by Gasteiger charge is -2.19. The van der Waals surface area contributed by atoms with E-state index in [1.165, 1.54) is 16.7 Å². The molecule has 2 heteroatoms. The monoisotopic (exact) mass is 400 g/mol. The molecule has 31 heavy (non-hydrogen) atoms. The summed E-state index contributed by atoms with van der Waals surface area (Å²) in [6.45, 7) is 2.20. The van der Waals surface area contributed by atoms with Gasteiger partial charge in [-0.2, -0.15) is 0 Å². The molecule has 0 aliphatic rings. The normalized spacial score (nSPS) is 11.9. The van der Waals surface area contributed by atoms with E-state index in [4.69, 9.17) is 4.98 Å². The highest BCUT2D eigenvalue weighted by Gasteiger charge is 2.12. The van der Waals surface area contributed by atoms with E-state index in [1.54, 1.807) is 0 Å². The molecule has 1 unspecified atom stereocenters. The molecule has 0 saturated carbocycles. The van der Waals surface area contributed by atoms with E-state index >= 15 is 0 Å². The number of anilines is 1. The van der Waals surface area contributed by atoms with Gasteiger partial charge < -0.3 is 5.32 Å². The molecule has 0 saturated heterocycles. The van der Waals surface area contributed by atoms with Crippen molar-refractivity contribution in [3.05, 3.63) is 121 Å². The van der Waals surface area contributed by atoms with E-state index in [0.717, 1.165) is 27.8 Å². The van der Waals surface area contributed by atoms with Crippen LogP contribution in [0.25, 0.3) is 33.3 Å². The summed E-state index contributed by atoms with van der Waals surface area (Å²) in [4.78, 5) is 4.98. The van der Waals surface area contributed by atoms with E-state index in [0.29, 0.717) is 0 Å². The first kappa shape index (κ1) is 19.1. The summed E-state index contributed by atoms with van der Waals surface area (Å²) >= 11 is 0. The van der Waals surface area contributed by atoms with Crippen LogP contribution in [0.1, 0.15) is 18.5 Å². The summed E-state index contributed by atoms with van der Waals surface area (Å²) in [5.74, 6) is 0. The topological polar surface area (TPSA) is 24.9 Å². The molecular formula is C29H24N2. The van der Waals surface area contributed by atoms with Crippen molar-refractivity contribution in [2.24, 2.45) is 0 Å². The fourth-order valence-corrected chi connectivity index (χ4v) is 3.97. The fraction of sp³-hybridized carbons (Fsp3) is 0.0690. The molecule has 0 radical (unpaired) electrons. The lowest BCUT2D eigenvalue weighted by molar-refractivity contribution is 0.886. The van der Waals surface area contributed by atoms with Crippen LogP contribution in [0.5, 0.6) is 0 Å². The van der Waals surface area contributed by atoms with E-state index < -0.39 is 0 Å². The highest BCUT2D eigenvalue weighted by molar-refractivity contribution is 5.96. The summed E-state index contributed by atoms with van der Waals surface area (Å²) < 4.78 is 0. The average Bonchev–Trinajstić information content (AvgIpc) is 2.85. The van der Waals surface area contributed by atoms with Gasteiger partial charge in [0.05, 0.1) is 11.2 Å². The zero-order valence-electron chi connectivity index (χ0n) is 17.5. The zero-order chi connectivity index (χ0) is 21.0. The number of hydrogen-bond acceptors (Lipinski definition) is 2. The summed E-state index contributed by atoms with van der Waals surface area (Å²) in [7, 11) is 0. The minimum absolute atomic E-state index is 0.177. The molecule has 0 spiro atoms. The molecule has 0 aliphatic heterocycles. The second kappa shape index (κ2) is 8.45. The Kier molecular flexibility index (Phi) is 5.20. The van der Waals surface area contributed by atoms with Crippen molar-refractivity contribution in [1.29, 1.82) is 0 Å². The van der Waals surface area contributed by atoms with Gasteiger partial charge in [0.2, 0.25) is 0 Å². The first-order valence-corrected chi connectivity index (χ1v) is 10.6. The van der Waals surface area contributed by atoms with E-state index in [9.17, 15) is 0 Å². The smallest absolute Gasteiger partial charge is 0.0730 e. The Morgan fingerprint density at radius 2 is 1.23 bits per heavy atom. The van der Waals surface area contributed by atoms with Crippen LogP contribution in [0.4, 0.5) is 5.69 Å². The number of nitrogens with one attached hydrogen (secondary N) is 1. The van der Waals surface area contributed by atoms with Gasteiger partial charge in [-0.3, -0.25) is 0 Å². The van der Waals surface area contributed by atoms with Crippen LogP contribution >= 0.6 is 0 Å². The minimum Gasteiger partial charge on any atom is -0.378 e. The minimum atomic E-state index is 0.177. The Balaban J connectivity index is 1.64. The quantitative estimate of drug-likeness (QED) is 0.326. The molecular weight excluding hydrogens is 376 g/mol. The lowest BCUT2D eigenvalue weighted by atomic mass is 10.0. The number of rotatable bonds is 5. The molecule has 150 valence electrons. The maximum Gasteiger partial charge on any atom is 0.0730 e. The van der Waals surface area contributed by atoms with Crippen molar-refractivity contribution in [2.45, 2.75) is 13.0 Å². The SMILES string of the molecule is CC(Nc1cc(-c2ccccc2)nc2ccc(-c3ccccc3)cc12)c1ccccc1. The summed E-state index contributed by atoms with van der Waals surface area (Å²) in [6.07, 6.45) is 0. The number of pyridine rings is 1. The number of aromatic nitrogens is 1. The molecule has 0 fully saturated rings. The van der Waals surface area contributed by atoms with Gasteiger partial charge in [-0.1, -0.05) is 97.1 Å². The number of fused-ring (bicyclic) bond motifs is 1. The Labute approximate surface area is 183 Å². The third-order valence-electron chi connectivity index (χ3n) is 5.66. The van der Waals surface area contributed by atoms with Crippen molar-refractivity contribution >= 4 is 16.6 Å². The first-order valence-electron chi connectivity index (χ1n) is 10.6. The average molecular weight is 401 g/mol. The number of benzene rings is 4. The van der Waals surface area contributed by atoms with E-state index in [-0.39, 0.29) is 6.04 Å². The third-order valence-corrected chi connectivity index (χ3v) is 5.66. The second-order valence-corrected chi connectivity index (χ2v) is 7.80. The third kappa shape index (κ3) is 4.06. The van der Waals surface area contributed by atoms with Crippen LogP contribution in [0, 0.1) is 0 Å². The van der Waals surface area contributed by atoms with Gasteiger partial charge in [-0.05, 0) is 41.8 Å². The molecule has 1 heterocycles. The second-order valence-electron chi connectivity index (χ2n) is 7.80. The molecule has 0 amide bonds. The van der Waals surface area contributed by atoms with Gasteiger partial charge in [0.1, 0.15) is 0 Å². The fourth-order valence-electron chi connectivity index (χ4n) is 3.97. The predicted octanol–water partition coefficient (Wildman–Crippen LogP) is 7.74. The molecule has 0 bridgehead atoms. The molecule has 1 atom stereocenters. The Morgan fingerprint density at radius 3 is 1.90 bits per heavy atom. The van der Waals surface area contributed by atoms with Crippen LogP contribution in [0.3, 0.4) is 0 Å². The van der Waals surface area contributed by atoms with Crippen LogP contribution in [0.2, 0.25) is 0 Å². The molecule has 1 N–H and O–H groups in total. The first-order chi connectivity index (χ1) is 15.3. The van der Waals surface area contributed by atoms with Crippen LogP contribution in [0.15, 0.2) is 115 Å². The summed E-state index contributed by atoms with van der Waals surface area (Å²) in [5, 5.41) is 4.88. The Morgan fingerprint density at radius 1 is 0.613 bits per heavy atom. The van der Waals surface area contributed by atoms with Crippen molar-refractivity contribution in [3.63, 3.8) is 0 Å². The summed E-state index contributed by atoms with van der Waals surface area (Å²) in [6, 6.07) is 40.3. The van der Waals surface area contributed by atoms with E-state index in [2.05, 4.69) is 115 Å². The van der Waals surface area contributed by atoms with Gasteiger partial charge in [0.15, 0.2) is 0 Å². The van der Waals surface area contributed by atoms with Crippen LogP contribution in [-0.4, -0.2) is 4.98 Å². The van der Waals surface area contributed by atoms with Crippen molar-refractivity contribution < 1.29 is 0 Å². The molecule has 5 aromatic rings. The Bertz CT molecular complexity index is 1300. The van der Waals surface area contributed by atoms with E-state index in [1.807, 2.05) is 12.1 Å². The predicted molar refractivity (Wildman–Crippen MR) is 131 cm³/mol. The van der Waals surface area contributed by atoms with Gasteiger partial charge in [0, 0.05) is 22.7 Å². The molecule has 5 rings (SSSR count). The number of hydrogen-bond donors (Lipinski definition) is 1. The molecule has 1 aromatic heterocycles. The maximum absolute atomic E-state index is 4.98. The highest BCUT2D eigenvalue weighted by atomic mass is 14.9. The van der Waals surface area contributed by atoms with Crippen molar-refractivity contribution in [3.8, 4) is 22.4 Å². The summed E-state index contributed by atoms with van der Waals surface area (Å²) in [5.41, 5.74) is 7.83. The van der Waals surface area contributed by atoms with Crippen molar-refractivity contribution in [2.75, 3.05) is 5.32 Å². The van der Waals surface area contributed by atoms with Crippen molar-refractivity contribution in [1.82, 2.24) is 4.98 Å². The standard InChI is InChI=1S/C29H24N2/c1-21(22-11-5-2-6-12-22)30-29-20-28(24-15-9-4-10-16-24)31-27-18-17-25(19-26(27)29)23-13-7-3-8-14-23/h2-21H,1H3,(H,30,31). The lowest BCUT2D eigenvalue weighted by Crippen LogP contribution is -2.07. The molecule has 0 aliphatic carbocycles. The number of nitrogens with zero attached hydrogens (tertiary/aromatic N) is 1. The van der Waals surface area contributed by atoms with Crippen LogP contribution in [-0.2, 0) is 0 Å².